The first-order valence-electron chi connectivity index (χ1n) is 8.65. The van der Waals surface area contributed by atoms with Gasteiger partial charge in [0.25, 0.3) is 0 Å². The minimum Gasteiger partial charge on any atom is -0.383 e. The highest BCUT2D eigenvalue weighted by Gasteiger charge is 2.17. The predicted octanol–water partition coefficient (Wildman–Crippen LogP) is 3.08. The Bertz CT molecular complexity index is 1270. The van der Waals surface area contributed by atoms with Gasteiger partial charge in [-0.2, -0.15) is 5.10 Å². The van der Waals surface area contributed by atoms with E-state index in [0.29, 0.717) is 12.4 Å². The normalized spacial score (nSPS) is 11.4. The van der Waals surface area contributed by atoms with Gasteiger partial charge in [0.1, 0.15) is 12.1 Å². The molecular weight excluding hydrogens is 338 g/mol. The fraction of sp³-hybridized carbons (Fsp3) is 0.100. The molecule has 0 aliphatic heterocycles. The molecular formula is C20H17N7. The number of nitrogens with two attached hydrogens (primary N) is 1. The number of aromatic nitrogens is 6. The molecule has 5 rings (SSSR count). The second-order valence-corrected chi connectivity index (χ2v) is 6.45. The highest BCUT2D eigenvalue weighted by Crippen LogP contribution is 2.29. The third kappa shape index (κ3) is 2.43. The maximum absolute atomic E-state index is 6.03. The Morgan fingerprint density at radius 3 is 2.78 bits per heavy atom. The summed E-state index contributed by atoms with van der Waals surface area (Å²) in [6.45, 7) is 2.51. The SMILES string of the molecule is Cc1nn(Cc2cc3ccccn3c2-c2ccncc2)c2ncnc(N)c12. The number of pyridine rings is 2. The number of aryl methyl sites for hydroxylation is 1. The molecule has 0 aromatic carbocycles. The Kier molecular flexibility index (Phi) is 3.39. The van der Waals surface area contributed by atoms with Crippen LogP contribution in [0.15, 0.2) is 61.3 Å². The van der Waals surface area contributed by atoms with Gasteiger partial charge < -0.3 is 10.1 Å². The van der Waals surface area contributed by atoms with Crippen LogP contribution in [-0.4, -0.2) is 29.1 Å². The van der Waals surface area contributed by atoms with Gasteiger partial charge in [0, 0.05) is 35.2 Å². The van der Waals surface area contributed by atoms with E-state index in [0.717, 1.165) is 39.1 Å². The minimum atomic E-state index is 0.458. The second-order valence-electron chi connectivity index (χ2n) is 6.45. The smallest absolute Gasteiger partial charge is 0.163 e. The number of nitrogens with zero attached hydrogens (tertiary/aromatic N) is 6. The van der Waals surface area contributed by atoms with Crippen LogP contribution in [0.3, 0.4) is 0 Å². The molecule has 132 valence electrons. The van der Waals surface area contributed by atoms with E-state index in [1.54, 1.807) is 0 Å². The van der Waals surface area contributed by atoms with E-state index in [-0.39, 0.29) is 0 Å². The van der Waals surface area contributed by atoms with Crippen LogP contribution in [0, 0.1) is 6.92 Å². The fourth-order valence-electron chi connectivity index (χ4n) is 3.62. The first-order valence-corrected chi connectivity index (χ1v) is 8.65. The first kappa shape index (κ1) is 15.5. The molecule has 5 heterocycles. The average Bonchev–Trinajstić information content (AvgIpc) is 3.21. The topological polar surface area (TPSA) is 86.9 Å². The zero-order chi connectivity index (χ0) is 18.4. The summed E-state index contributed by atoms with van der Waals surface area (Å²) in [5.41, 5.74) is 12.1. The summed E-state index contributed by atoms with van der Waals surface area (Å²) in [7, 11) is 0. The van der Waals surface area contributed by atoms with E-state index in [2.05, 4.69) is 42.8 Å². The van der Waals surface area contributed by atoms with Crippen LogP contribution in [0.5, 0.6) is 0 Å². The van der Waals surface area contributed by atoms with Crippen molar-refractivity contribution in [3.63, 3.8) is 0 Å². The van der Waals surface area contributed by atoms with E-state index >= 15 is 0 Å². The highest BCUT2D eigenvalue weighted by molar-refractivity contribution is 5.88. The predicted molar refractivity (Wildman–Crippen MR) is 104 cm³/mol. The Morgan fingerprint density at radius 1 is 1.07 bits per heavy atom. The lowest BCUT2D eigenvalue weighted by Gasteiger charge is -2.08. The lowest BCUT2D eigenvalue weighted by atomic mass is 10.1. The lowest BCUT2D eigenvalue weighted by molar-refractivity contribution is 0.696. The maximum atomic E-state index is 6.03. The molecule has 0 saturated carbocycles. The zero-order valence-corrected chi connectivity index (χ0v) is 14.7. The summed E-state index contributed by atoms with van der Waals surface area (Å²) in [6, 6.07) is 12.4. The third-order valence-corrected chi connectivity index (χ3v) is 4.77. The number of hydrogen-bond acceptors (Lipinski definition) is 5. The summed E-state index contributed by atoms with van der Waals surface area (Å²) < 4.78 is 4.08. The molecule has 0 fully saturated rings. The summed E-state index contributed by atoms with van der Waals surface area (Å²) >= 11 is 0. The van der Waals surface area contributed by atoms with E-state index < -0.39 is 0 Å². The van der Waals surface area contributed by atoms with Crippen molar-refractivity contribution in [1.29, 1.82) is 0 Å². The average molecular weight is 355 g/mol. The van der Waals surface area contributed by atoms with Gasteiger partial charge in [-0.25, -0.2) is 14.6 Å². The van der Waals surface area contributed by atoms with Gasteiger partial charge in [0.15, 0.2) is 5.65 Å². The molecule has 0 amide bonds. The molecule has 7 heteroatoms. The van der Waals surface area contributed by atoms with Gasteiger partial charge in [-0.1, -0.05) is 6.07 Å². The molecule has 0 spiro atoms. The molecule has 0 aliphatic carbocycles. The van der Waals surface area contributed by atoms with Crippen molar-refractivity contribution in [2.75, 3.05) is 5.73 Å². The van der Waals surface area contributed by atoms with Crippen LogP contribution in [0.25, 0.3) is 27.8 Å². The number of hydrogen-bond donors (Lipinski definition) is 1. The summed E-state index contributed by atoms with van der Waals surface area (Å²) in [5, 5.41) is 5.48. The van der Waals surface area contributed by atoms with Crippen LogP contribution in [0.2, 0.25) is 0 Å². The van der Waals surface area contributed by atoms with E-state index in [1.165, 1.54) is 6.33 Å². The van der Waals surface area contributed by atoms with Crippen molar-refractivity contribution < 1.29 is 0 Å². The molecule has 2 N–H and O–H groups in total. The number of anilines is 1. The highest BCUT2D eigenvalue weighted by atomic mass is 15.3. The largest absolute Gasteiger partial charge is 0.383 e. The Hall–Kier alpha value is -3.74. The van der Waals surface area contributed by atoms with Crippen molar-refractivity contribution in [2.45, 2.75) is 13.5 Å². The van der Waals surface area contributed by atoms with Crippen molar-refractivity contribution in [1.82, 2.24) is 29.1 Å². The van der Waals surface area contributed by atoms with Crippen LogP contribution in [0.4, 0.5) is 5.82 Å². The van der Waals surface area contributed by atoms with Crippen molar-refractivity contribution >= 4 is 22.4 Å². The number of fused-ring (bicyclic) bond motifs is 2. The Morgan fingerprint density at radius 2 is 1.93 bits per heavy atom. The van der Waals surface area contributed by atoms with Gasteiger partial charge in [-0.3, -0.25) is 4.98 Å². The van der Waals surface area contributed by atoms with E-state index in [9.17, 15) is 0 Å². The van der Waals surface area contributed by atoms with E-state index in [1.807, 2.05) is 48.3 Å². The maximum Gasteiger partial charge on any atom is 0.163 e. The molecule has 27 heavy (non-hydrogen) atoms. The van der Waals surface area contributed by atoms with E-state index in [4.69, 9.17) is 5.73 Å². The molecule has 0 aliphatic rings. The van der Waals surface area contributed by atoms with Crippen LogP contribution in [0.1, 0.15) is 11.3 Å². The van der Waals surface area contributed by atoms with Crippen LogP contribution in [-0.2, 0) is 6.54 Å². The van der Waals surface area contributed by atoms with Gasteiger partial charge in [0.05, 0.1) is 23.3 Å². The summed E-state index contributed by atoms with van der Waals surface area (Å²) in [5.74, 6) is 0.458. The number of rotatable bonds is 3. The van der Waals surface area contributed by atoms with Crippen LogP contribution >= 0.6 is 0 Å². The van der Waals surface area contributed by atoms with Gasteiger partial charge in [0.2, 0.25) is 0 Å². The van der Waals surface area contributed by atoms with Gasteiger partial charge >= 0.3 is 0 Å². The molecule has 5 aromatic rings. The van der Waals surface area contributed by atoms with Crippen molar-refractivity contribution in [2.24, 2.45) is 0 Å². The number of nitrogen functional groups attached to an aromatic ring is 1. The molecule has 5 aromatic heterocycles. The lowest BCUT2D eigenvalue weighted by Crippen LogP contribution is -2.04. The molecule has 0 bridgehead atoms. The molecule has 7 nitrogen and oxygen atoms in total. The Labute approximate surface area is 155 Å². The quantitative estimate of drug-likeness (QED) is 0.537. The summed E-state index contributed by atoms with van der Waals surface area (Å²) in [4.78, 5) is 12.6. The van der Waals surface area contributed by atoms with Gasteiger partial charge in [-0.15, -0.1) is 0 Å². The molecule has 0 unspecified atom stereocenters. The third-order valence-electron chi connectivity index (χ3n) is 4.77. The second kappa shape index (κ2) is 5.91. The van der Waals surface area contributed by atoms with Gasteiger partial charge in [-0.05, 0) is 37.3 Å². The van der Waals surface area contributed by atoms with Crippen molar-refractivity contribution in [3.8, 4) is 11.3 Å². The molecule has 0 atom stereocenters. The van der Waals surface area contributed by atoms with Crippen LogP contribution < -0.4 is 5.73 Å². The molecule has 0 radical (unpaired) electrons. The Balaban J connectivity index is 1.72. The van der Waals surface area contributed by atoms with Crippen molar-refractivity contribution in [3.05, 3.63) is 72.6 Å². The first-order chi connectivity index (χ1) is 13.2. The monoisotopic (exact) mass is 355 g/mol. The zero-order valence-electron chi connectivity index (χ0n) is 14.7. The fourth-order valence-corrected chi connectivity index (χ4v) is 3.62. The summed E-state index contributed by atoms with van der Waals surface area (Å²) in [6.07, 6.45) is 7.17. The standard InChI is InChI=1S/C20H17N7/c1-13-17-19(21)23-12-24-20(17)27(25-13)11-15-10-16-4-2-3-9-26(16)18(15)14-5-7-22-8-6-14/h2-10,12H,11H2,1H3,(H2,21,23,24). The minimum absolute atomic E-state index is 0.458. The molecule has 0 saturated heterocycles.